The Morgan fingerprint density at radius 3 is 2.52 bits per heavy atom. The third-order valence-electron chi connectivity index (χ3n) is 3.03. The van der Waals surface area contributed by atoms with Gasteiger partial charge in [-0.3, -0.25) is 4.79 Å². The van der Waals surface area contributed by atoms with Gasteiger partial charge in [0, 0.05) is 12.1 Å². The Kier molecular flexibility index (Phi) is 6.09. The topological polar surface area (TPSA) is 99.1 Å². The molecule has 1 heterocycles. The van der Waals surface area contributed by atoms with Crippen LogP contribution in [-0.4, -0.2) is 20.4 Å². The maximum atomic E-state index is 12.0. The minimum absolute atomic E-state index is 0.167. The molecule has 0 aliphatic heterocycles. The molecule has 0 aliphatic carbocycles. The van der Waals surface area contributed by atoms with Crippen LogP contribution in [0.5, 0.6) is 0 Å². The van der Waals surface area contributed by atoms with E-state index in [0.717, 1.165) is 0 Å². The first-order valence-electron chi connectivity index (χ1n) is 7.41. The summed E-state index contributed by atoms with van der Waals surface area (Å²) in [6.07, 6.45) is 2.90. The van der Waals surface area contributed by atoms with E-state index in [4.69, 9.17) is 5.26 Å². The van der Waals surface area contributed by atoms with E-state index in [1.165, 1.54) is 29.5 Å². The van der Waals surface area contributed by atoms with Gasteiger partial charge in [-0.25, -0.2) is 13.1 Å². The van der Waals surface area contributed by atoms with Crippen LogP contribution in [0, 0.1) is 11.3 Å². The summed E-state index contributed by atoms with van der Waals surface area (Å²) < 4.78 is 26.6. The molecular weight excluding hydrogens is 358 g/mol. The number of rotatable bonds is 6. The first kappa shape index (κ1) is 18.9. The average molecular weight is 375 g/mol. The van der Waals surface area contributed by atoms with Crippen molar-refractivity contribution < 1.29 is 13.2 Å². The third kappa shape index (κ3) is 5.26. The Labute approximate surface area is 150 Å². The molecule has 1 aromatic carbocycles. The Bertz CT molecular complexity index is 921. The molecule has 0 fully saturated rings. The molecule has 1 amide bonds. The van der Waals surface area contributed by atoms with Gasteiger partial charge in [-0.05, 0) is 49.1 Å². The number of carbonyl (C=O) groups excluding carboxylic acids is 1. The summed E-state index contributed by atoms with van der Waals surface area (Å²) in [5.74, 6) is -0.364. The number of benzene rings is 1. The van der Waals surface area contributed by atoms with Crippen molar-refractivity contribution in [3.63, 3.8) is 0 Å². The number of anilines is 1. The Morgan fingerprint density at radius 1 is 1.24 bits per heavy atom. The van der Waals surface area contributed by atoms with Crippen LogP contribution in [0.25, 0.3) is 6.08 Å². The summed E-state index contributed by atoms with van der Waals surface area (Å²) in [5, 5.41) is 13.8. The normalized spacial score (nSPS) is 11.6. The van der Waals surface area contributed by atoms with Crippen LogP contribution in [0.15, 0.2) is 46.7 Å². The van der Waals surface area contributed by atoms with E-state index >= 15 is 0 Å². The molecule has 130 valence electrons. The summed E-state index contributed by atoms with van der Waals surface area (Å²) in [6, 6.07) is 9.63. The van der Waals surface area contributed by atoms with Gasteiger partial charge < -0.3 is 5.32 Å². The molecule has 0 unspecified atom stereocenters. The van der Waals surface area contributed by atoms with E-state index in [0.29, 0.717) is 16.1 Å². The van der Waals surface area contributed by atoms with Gasteiger partial charge in [0.2, 0.25) is 15.9 Å². The third-order valence-corrected chi connectivity index (χ3v) is 5.54. The van der Waals surface area contributed by atoms with E-state index in [1.54, 1.807) is 43.5 Å². The molecule has 0 spiro atoms. The first-order valence-corrected chi connectivity index (χ1v) is 9.77. The van der Waals surface area contributed by atoms with E-state index in [-0.39, 0.29) is 16.8 Å². The van der Waals surface area contributed by atoms with Crippen LogP contribution >= 0.6 is 11.3 Å². The van der Waals surface area contributed by atoms with Crippen molar-refractivity contribution >= 4 is 38.3 Å². The van der Waals surface area contributed by atoms with Crippen LogP contribution in [0.4, 0.5) is 5.00 Å². The molecular formula is C17H17N3O3S2. The van der Waals surface area contributed by atoms with Gasteiger partial charge >= 0.3 is 0 Å². The van der Waals surface area contributed by atoms with Crippen LogP contribution < -0.4 is 10.0 Å². The maximum absolute atomic E-state index is 12.0. The SMILES string of the molecule is CC(C)NS(=O)(=O)c1ccc(C=CC(=O)Nc2sccc2C#N)cc1. The number of nitrogens with one attached hydrogen (secondary N) is 2. The van der Waals surface area contributed by atoms with Gasteiger partial charge in [0.15, 0.2) is 0 Å². The van der Waals surface area contributed by atoms with Gasteiger partial charge in [0.25, 0.3) is 0 Å². The minimum Gasteiger partial charge on any atom is -0.313 e. The summed E-state index contributed by atoms with van der Waals surface area (Å²) >= 11 is 1.27. The number of sulfonamides is 1. The van der Waals surface area contributed by atoms with Crippen LogP contribution in [0.2, 0.25) is 0 Å². The first-order chi connectivity index (χ1) is 11.8. The molecule has 0 radical (unpaired) electrons. The van der Waals surface area contributed by atoms with Gasteiger partial charge in [0.1, 0.15) is 11.1 Å². The molecule has 2 rings (SSSR count). The number of nitriles is 1. The lowest BCUT2D eigenvalue weighted by atomic mass is 10.2. The highest BCUT2D eigenvalue weighted by Crippen LogP contribution is 2.22. The zero-order valence-electron chi connectivity index (χ0n) is 13.7. The van der Waals surface area contributed by atoms with Crippen molar-refractivity contribution in [1.29, 1.82) is 5.26 Å². The molecule has 0 bridgehead atoms. The molecule has 0 aliphatic rings. The van der Waals surface area contributed by atoms with Crippen LogP contribution in [0.3, 0.4) is 0 Å². The van der Waals surface area contributed by atoms with Crippen molar-refractivity contribution in [3.05, 3.63) is 52.9 Å². The number of carbonyl (C=O) groups is 1. The lowest BCUT2D eigenvalue weighted by Gasteiger charge is -2.09. The Balaban J connectivity index is 2.04. The Morgan fingerprint density at radius 2 is 1.92 bits per heavy atom. The second-order valence-electron chi connectivity index (χ2n) is 5.44. The monoisotopic (exact) mass is 375 g/mol. The highest BCUT2D eigenvalue weighted by atomic mass is 32.2. The minimum atomic E-state index is -3.53. The predicted molar refractivity (Wildman–Crippen MR) is 98.6 cm³/mol. The summed E-state index contributed by atoms with van der Waals surface area (Å²) in [7, 11) is -3.53. The van der Waals surface area contributed by atoms with E-state index in [9.17, 15) is 13.2 Å². The molecule has 0 saturated carbocycles. The zero-order valence-corrected chi connectivity index (χ0v) is 15.3. The van der Waals surface area contributed by atoms with Gasteiger partial charge in [0.05, 0.1) is 10.5 Å². The average Bonchev–Trinajstić information content (AvgIpc) is 2.99. The van der Waals surface area contributed by atoms with Crippen molar-refractivity contribution in [2.45, 2.75) is 24.8 Å². The molecule has 1 aromatic heterocycles. The van der Waals surface area contributed by atoms with Gasteiger partial charge in [-0.15, -0.1) is 11.3 Å². The molecule has 0 saturated heterocycles. The second kappa shape index (κ2) is 8.07. The lowest BCUT2D eigenvalue weighted by molar-refractivity contribution is -0.111. The number of hydrogen-bond donors (Lipinski definition) is 2. The quantitative estimate of drug-likeness (QED) is 0.758. The second-order valence-corrected chi connectivity index (χ2v) is 8.07. The fraction of sp³-hybridized carbons (Fsp3) is 0.176. The molecule has 2 N–H and O–H groups in total. The number of nitrogens with zero attached hydrogens (tertiary/aromatic N) is 1. The van der Waals surface area contributed by atoms with E-state index in [1.807, 2.05) is 6.07 Å². The molecule has 8 heteroatoms. The fourth-order valence-electron chi connectivity index (χ4n) is 1.96. The number of amides is 1. The summed E-state index contributed by atoms with van der Waals surface area (Å²) in [6.45, 7) is 3.50. The van der Waals surface area contributed by atoms with Crippen LogP contribution in [0.1, 0.15) is 25.0 Å². The highest BCUT2D eigenvalue weighted by molar-refractivity contribution is 7.89. The zero-order chi connectivity index (χ0) is 18.4. The molecule has 25 heavy (non-hydrogen) atoms. The van der Waals surface area contributed by atoms with Crippen molar-refractivity contribution in [2.75, 3.05) is 5.32 Å². The standard InChI is InChI=1S/C17H17N3O3S2/c1-12(2)20-25(22,23)15-6-3-13(4-7-15)5-8-16(21)19-17-14(11-18)9-10-24-17/h3-10,12,20H,1-2H3,(H,19,21). The highest BCUT2D eigenvalue weighted by Gasteiger charge is 2.14. The molecule has 6 nitrogen and oxygen atoms in total. The predicted octanol–water partition coefficient (Wildman–Crippen LogP) is 2.96. The fourth-order valence-corrected chi connectivity index (χ4v) is 3.95. The molecule has 2 aromatic rings. The summed E-state index contributed by atoms with van der Waals surface area (Å²) in [5.41, 5.74) is 1.10. The van der Waals surface area contributed by atoms with Gasteiger partial charge in [-0.2, -0.15) is 5.26 Å². The smallest absolute Gasteiger partial charge is 0.249 e. The number of thiophene rings is 1. The largest absolute Gasteiger partial charge is 0.313 e. The summed E-state index contributed by atoms with van der Waals surface area (Å²) in [4.78, 5) is 12.1. The number of hydrogen-bond acceptors (Lipinski definition) is 5. The lowest BCUT2D eigenvalue weighted by Crippen LogP contribution is -2.30. The van der Waals surface area contributed by atoms with Gasteiger partial charge in [-0.1, -0.05) is 12.1 Å². The maximum Gasteiger partial charge on any atom is 0.249 e. The van der Waals surface area contributed by atoms with Crippen molar-refractivity contribution in [1.82, 2.24) is 4.72 Å². The Hall–Kier alpha value is -2.47. The van der Waals surface area contributed by atoms with Crippen LogP contribution in [-0.2, 0) is 14.8 Å². The van der Waals surface area contributed by atoms with Crippen molar-refractivity contribution in [3.8, 4) is 6.07 Å². The van der Waals surface area contributed by atoms with E-state index < -0.39 is 10.0 Å². The van der Waals surface area contributed by atoms with Crippen molar-refractivity contribution in [2.24, 2.45) is 0 Å². The molecule has 0 atom stereocenters. The van der Waals surface area contributed by atoms with E-state index in [2.05, 4.69) is 10.0 Å².